The lowest BCUT2D eigenvalue weighted by atomic mass is 10.2. The molecule has 6 nitrogen and oxygen atoms in total. The van der Waals surface area contributed by atoms with E-state index in [1.54, 1.807) is 30.5 Å². The summed E-state index contributed by atoms with van der Waals surface area (Å²) in [6, 6.07) is 12.3. The first kappa shape index (κ1) is 16.2. The summed E-state index contributed by atoms with van der Waals surface area (Å²) in [6.45, 7) is 0. The van der Waals surface area contributed by atoms with Crippen LogP contribution in [0.25, 0.3) is 11.4 Å². The number of H-pyrrole nitrogens is 1. The van der Waals surface area contributed by atoms with E-state index in [0.29, 0.717) is 32.5 Å². The number of hydrogen-bond donors (Lipinski definition) is 2. The number of ether oxygens (including phenoxy) is 1. The van der Waals surface area contributed by atoms with E-state index in [1.165, 1.54) is 11.8 Å². The maximum atomic E-state index is 9.82. The number of aromatic nitrogens is 3. The van der Waals surface area contributed by atoms with Crippen molar-refractivity contribution in [3.63, 3.8) is 0 Å². The summed E-state index contributed by atoms with van der Waals surface area (Å²) in [4.78, 5) is 0. The number of nitrogens with zero attached hydrogens (tertiary/aromatic N) is 3. The summed E-state index contributed by atoms with van der Waals surface area (Å²) in [5.41, 5.74) is 1.39. The molecule has 0 aliphatic carbocycles. The molecule has 0 saturated carbocycles. The van der Waals surface area contributed by atoms with E-state index in [1.807, 2.05) is 18.2 Å². The third-order valence-corrected chi connectivity index (χ3v) is 3.88. The number of aromatic hydroxyl groups is 1. The Morgan fingerprint density at radius 3 is 2.83 bits per heavy atom. The van der Waals surface area contributed by atoms with Crippen LogP contribution in [0.3, 0.4) is 0 Å². The van der Waals surface area contributed by atoms with Crippen LogP contribution < -0.4 is 4.74 Å². The molecule has 0 aliphatic rings. The number of methoxy groups -OCH3 is 1. The van der Waals surface area contributed by atoms with Crippen LogP contribution in [0.4, 0.5) is 0 Å². The molecule has 24 heavy (non-hydrogen) atoms. The van der Waals surface area contributed by atoms with E-state index in [9.17, 15) is 5.11 Å². The second-order valence-electron chi connectivity index (χ2n) is 4.82. The molecule has 0 fully saturated rings. The summed E-state index contributed by atoms with van der Waals surface area (Å²) in [5.74, 6) is 0.923. The summed E-state index contributed by atoms with van der Waals surface area (Å²) >= 11 is 11.4. The van der Waals surface area contributed by atoms with Gasteiger partial charge in [0.15, 0.2) is 17.3 Å². The fraction of sp³-hybridized carbons (Fsp3) is 0.0625. The number of rotatable bonds is 4. The van der Waals surface area contributed by atoms with Gasteiger partial charge in [0.05, 0.1) is 18.3 Å². The van der Waals surface area contributed by atoms with Crippen molar-refractivity contribution in [1.82, 2.24) is 14.9 Å². The Kier molecular flexibility index (Phi) is 4.64. The van der Waals surface area contributed by atoms with Gasteiger partial charge in [-0.1, -0.05) is 23.7 Å². The molecule has 2 N–H and O–H groups in total. The van der Waals surface area contributed by atoms with E-state index in [2.05, 4.69) is 15.3 Å². The first-order chi connectivity index (χ1) is 11.6. The van der Waals surface area contributed by atoms with Crippen molar-refractivity contribution in [3.05, 3.63) is 57.8 Å². The fourth-order valence-electron chi connectivity index (χ4n) is 2.13. The number of phenols is 1. The van der Waals surface area contributed by atoms with Crippen LogP contribution in [0.15, 0.2) is 47.6 Å². The summed E-state index contributed by atoms with van der Waals surface area (Å²) < 4.78 is 6.82. The van der Waals surface area contributed by atoms with E-state index in [-0.39, 0.29) is 5.75 Å². The van der Waals surface area contributed by atoms with Gasteiger partial charge in [0, 0.05) is 5.56 Å². The molecule has 2 aromatic carbocycles. The average Bonchev–Trinajstić information content (AvgIpc) is 2.94. The van der Waals surface area contributed by atoms with E-state index < -0.39 is 0 Å². The van der Waals surface area contributed by atoms with Crippen LogP contribution in [0, 0.1) is 4.77 Å². The van der Waals surface area contributed by atoms with Gasteiger partial charge in [-0.25, -0.2) is 5.10 Å². The van der Waals surface area contributed by atoms with Gasteiger partial charge < -0.3 is 9.84 Å². The molecular formula is C16H13ClN4O2S. The van der Waals surface area contributed by atoms with Crippen molar-refractivity contribution in [2.75, 3.05) is 7.11 Å². The number of benzene rings is 2. The van der Waals surface area contributed by atoms with Crippen LogP contribution >= 0.6 is 23.8 Å². The Labute approximate surface area is 148 Å². The van der Waals surface area contributed by atoms with Crippen molar-refractivity contribution in [2.24, 2.45) is 5.10 Å². The topological polar surface area (TPSA) is 75.4 Å². The first-order valence-corrected chi connectivity index (χ1v) is 7.72. The molecule has 3 rings (SSSR count). The van der Waals surface area contributed by atoms with Gasteiger partial charge in [-0.05, 0) is 48.1 Å². The molecule has 0 bridgehead atoms. The van der Waals surface area contributed by atoms with Crippen LogP contribution in [0.5, 0.6) is 11.5 Å². The molecule has 0 saturated heterocycles. The van der Waals surface area contributed by atoms with Crippen LogP contribution in [-0.4, -0.2) is 33.3 Å². The Morgan fingerprint density at radius 2 is 2.12 bits per heavy atom. The normalized spacial score (nSPS) is 11.1. The lowest BCUT2D eigenvalue weighted by molar-refractivity contribution is 0.373. The Bertz CT molecular complexity index is 965. The number of nitrogens with one attached hydrogen (secondary N) is 1. The van der Waals surface area contributed by atoms with E-state index in [0.717, 1.165) is 0 Å². The highest BCUT2D eigenvalue weighted by Gasteiger charge is 2.11. The third kappa shape index (κ3) is 3.17. The monoisotopic (exact) mass is 360 g/mol. The second kappa shape index (κ2) is 6.86. The predicted octanol–water partition coefficient (Wildman–Crippen LogP) is 3.86. The molecule has 0 aliphatic heterocycles. The van der Waals surface area contributed by atoms with Gasteiger partial charge in [0.25, 0.3) is 0 Å². The number of halogens is 1. The first-order valence-electron chi connectivity index (χ1n) is 6.94. The molecule has 0 atom stereocenters. The number of hydrogen-bond acceptors (Lipinski definition) is 5. The van der Waals surface area contributed by atoms with Gasteiger partial charge in [-0.15, -0.1) is 0 Å². The maximum Gasteiger partial charge on any atom is 0.216 e. The quantitative estimate of drug-likeness (QED) is 0.547. The Hall–Kier alpha value is -2.64. The molecule has 1 heterocycles. The molecule has 3 aromatic rings. The van der Waals surface area contributed by atoms with Crippen LogP contribution in [0.2, 0.25) is 5.02 Å². The lowest BCUT2D eigenvalue weighted by Crippen LogP contribution is -1.95. The molecular weight excluding hydrogens is 348 g/mol. The van der Waals surface area contributed by atoms with Crippen molar-refractivity contribution >= 4 is 30.0 Å². The minimum Gasteiger partial charge on any atom is -0.504 e. The second-order valence-corrected chi connectivity index (χ2v) is 5.61. The van der Waals surface area contributed by atoms with Crippen molar-refractivity contribution < 1.29 is 9.84 Å². The summed E-state index contributed by atoms with van der Waals surface area (Å²) in [5, 5.41) is 21.6. The van der Waals surface area contributed by atoms with E-state index in [4.69, 9.17) is 28.6 Å². The number of phenolic OH excluding ortho intramolecular Hbond substituents is 1. The van der Waals surface area contributed by atoms with Gasteiger partial charge >= 0.3 is 0 Å². The van der Waals surface area contributed by atoms with Crippen molar-refractivity contribution in [3.8, 4) is 22.9 Å². The third-order valence-electron chi connectivity index (χ3n) is 3.29. The maximum absolute atomic E-state index is 9.82. The van der Waals surface area contributed by atoms with Gasteiger partial charge in [0.1, 0.15) is 0 Å². The standard InChI is InChI=1S/C16H13ClN4O2S/c1-23-14-7-6-10(8-13(14)22)9-18-21-15(19-20-16(21)24)11-4-2-3-5-12(11)17/h2-9,22H,1H3,(H,20,24). The highest BCUT2D eigenvalue weighted by atomic mass is 35.5. The predicted molar refractivity (Wildman–Crippen MR) is 95.5 cm³/mol. The van der Waals surface area contributed by atoms with Gasteiger partial charge in [-0.3, -0.25) is 0 Å². The van der Waals surface area contributed by atoms with Crippen molar-refractivity contribution in [2.45, 2.75) is 0 Å². The largest absolute Gasteiger partial charge is 0.504 e. The minimum absolute atomic E-state index is 0.0311. The Balaban J connectivity index is 1.99. The lowest BCUT2D eigenvalue weighted by Gasteiger charge is -2.04. The van der Waals surface area contributed by atoms with E-state index >= 15 is 0 Å². The Morgan fingerprint density at radius 1 is 1.33 bits per heavy atom. The molecule has 0 spiro atoms. The fourth-order valence-corrected chi connectivity index (χ4v) is 2.53. The smallest absolute Gasteiger partial charge is 0.216 e. The van der Waals surface area contributed by atoms with Crippen LogP contribution in [-0.2, 0) is 0 Å². The van der Waals surface area contributed by atoms with Crippen molar-refractivity contribution in [1.29, 1.82) is 0 Å². The minimum atomic E-state index is 0.0311. The molecule has 0 amide bonds. The molecule has 8 heteroatoms. The molecule has 0 radical (unpaired) electrons. The molecule has 122 valence electrons. The molecule has 0 unspecified atom stereocenters. The average molecular weight is 361 g/mol. The van der Waals surface area contributed by atoms with Crippen LogP contribution in [0.1, 0.15) is 5.56 Å². The summed E-state index contributed by atoms with van der Waals surface area (Å²) in [6.07, 6.45) is 1.56. The SMILES string of the molecule is COc1ccc(C=Nn2c(-c3ccccc3Cl)n[nH]c2=S)cc1O. The zero-order chi connectivity index (χ0) is 17.1. The van der Waals surface area contributed by atoms with Gasteiger partial charge in [0.2, 0.25) is 4.77 Å². The zero-order valence-electron chi connectivity index (χ0n) is 12.6. The highest BCUT2D eigenvalue weighted by Crippen LogP contribution is 2.27. The van der Waals surface area contributed by atoms with Gasteiger partial charge in [-0.2, -0.15) is 14.9 Å². The molecule has 1 aromatic heterocycles. The zero-order valence-corrected chi connectivity index (χ0v) is 14.2. The summed E-state index contributed by atoms with van der Waals surface area (Å²) in [7, 11) is 1.49. The highest BCUT2D eigenvalue weighted by molar-refractivity contribution is 7.71. The number of aromatic amines is 1.